The molecule has 0 radical (unpaired) electrons. The number of thiophene rings is 1. The molecule has 1 aromatic carbocycles. The van der Waals surface area contributed by atoms with Crippen molar-refractivity contribution < 1.29 is 14.0 Å². The molecule has 3 aromatic rings. The predicted octanol–water partition coefficient (Wildman–Crippen LogP) is 2.84. The van der Waals surface area contributed by atoms with Crippen LogP contribution in [0.2, 0.25) is 0 Å². The van der Waals surface area contributed by atoms with Crippen molar-refractivity contribution in [2.45, 2.75) is 0 Å². The summed E-state index contributed by atoms with van der Waals surface area (Å²) in [5, 5.41) is 7.19. The molecule has 0 fully saturated rings. The first-order chi connectivity index (χ1) is 11.1. The normalized spacial score (nSPS) is 10.3. The Morgan fingerprint density at radius 2 is 1.87 bits per heavy atom. The number of anilines is 2. The van der Waals surface area contributed by atoms with Crippen LogP contribution in [0.15, 0.2) is 48.0 Å². The van der Waals surface area contributed by atoms with Crippen molar-refractivity contribution >= 4 is 48.0 Å². The Kier molecular flexibility index (Phi) is 4.66. The number of carbonyl (C=O) groups excluding carboxylic acids is 2. The molecule has 0 aliphatic rings. The molecule has 2 heterocycles. The van der Waals surface area contributed by atoms with Crippen LogP contribution in [0.25, 0.3) is 0 Å². The quantitative estimate of drug-likeness (QED) is 0.669. The van der Waals surface area contributed by atoms with E-state index in [0.29, 0.717) is 19.7 Å². The maximum absolute atomic E-state index is 12.8. The fourth-order valence-electron chi connectivity index (χ4n) is 1.73. The van der Waals surface area contributed by atoms with E-state index in [1.165, 1.54) is 41.8 Å². The van der Waals surface area contributed by atoms with E-state index in [9.17, 15) is 14.0 Å². The molecule has 0 aliphatic carbocycles. The van der Waals surface area contributed by atoms with Gasteiger partial charge in [0, 0.05) is 0 Å². The summed E-state index contributed by atoms with van der Waals surface area (Å²) in [6.45, 7) is 0. The number of benzene rings is 1. The summed E-state index contributed by atoms with van der Waals surface area (Å²) in [6, 6.07) is 9.02. The molecule has 0 saturated carbocycles. The van der Waals surface area contributed by atoms with Crippen LogP contribution in [0.1, 0.15) is 18.9 Å². The van der Waals surface area contributed by atoms with Crippen LogP contribution < -0.4 is 10.6 Å². The van der Waals surface area contributed by atoms with Gasteiger partial charge in [0.15, 0.2) is 0 Å². The Hall–Kier alpha value is -2.28. The van der Waals surface area contributed by atoms with Gasteiger partial charge in [-0.25, -0.2) is 0 Å². The van der Waals surface area contributed by atoms with Crippen LogP contribution in [0.5, 0.6) is 0 Å². The van der Waals surface area contributed by atoms with Gasteiger partial charge in [0.1, 0.15) is 0 Å². The van der Waals surface area contributed by atoms with E-state index in [2.05, 4.69) is 15.6 Å². The van der Waals surface area contributed by atoms with Crippen LogP contribution >= 0.6 is 11.3 Å². The third kappa shape index (κ3) is 3.92. The zero-order chi connectivity index (χ0) is 16.2. The number of nitrogens with one attached hydrogen (secondary N) is 2. The van der Waals surface area contributed by atoms with Crippen molar-refractivity contribution in [3.63, 3.8) is 0 Å². The molecule has 0 aliphatic heterocycles. The van der Waals surface area contributed by atoms with E-state index in [1.54, 1.807) is 12.1 Å². The van der Waals surface area contributed by atoms with Crippen molar-refractivity contribution in [2.24, 2.45) is 0 Å². The summed E-state index contributed by atoms with van der Waals surface area (Å²) in [5.41, 5.74) is 0.504. The van der Waals surface area contributed by atoms with Gasteiger partial charge >= 0.3 is 141 Å². The molecule has 0 spiro atoms. The van der Waals surface area contributed by atoms with E-state index < -0.39 is 0 Å². The standard InChI is InChI=1S/C15H10FN3O2SSe/c16-9-3-5-10(6-4-9)18-14(21)12-8-17-15(23-12)19-13(20)11-2-1-7-22-11/h1-8H,(H,18,21)(H,17,19,20). The average molecular weight is 394 g/mol. The topological polar surface area (TPSA) is 71.1 Å². The molecule has 8 heteroatoms. The van der Waals surface area contributed by atoms with Gasteiger partial charge in [0.25, 0.3) is 0 Å². The summed E-state index contributed by atoms with van der Waals surface area (Å²) >= 11 is 0.959. The second kappa shape index (κ2) is 6.87. The van der Waals surface area contributed by atoms with Gasteiger partial charge in [-0.3, -0.25) is 0 Å². The molecular formula is C15H10FN3O2SSe. The summed E-state index contributed by atoms with van der Waals surface area (Å²) in [7, 11) is 0. The summed E-state index contributed by atoms with van der Waals surface area (Å²) in [5.74, 6) is -0.899. The molecule has 0 unspecified atom stereocenters. The Bertz CT molecular complexity index is 831. The van der Waals surface area contributed by atoms with Crippen molar-refractivity contribution in [1.82, 2.24) is 4.98 Å². The van der Waals surface area contributed by atoms with Gasteiger partial charge in [-0.1, -0.05) is 0 Å². The minimum absolute atomic E-state index is 0.228. The zero-order valence-corrected chi connectivity index (χ0v) is 14.1. The Labute approximate surface area is 140 Å². The molecule has 0 atom stereocenters. The van der Waals surface area contributed by atoms with Gasteiger partial charge < -0.3 is 0 Å². The zero-order valence-electron chi connectivity index (χ0n) is 11.6. The third-order valence-corrected chi connectivity index (χ3v) is 5.58. The third-order valence-electron chi connectivity index (χ3n) is 2.80. The van der Waals surface area contributed by atoms with E-state index in [4.69, 9.17) is 0 Å². The Morgan fingerprint density at radius 1 is 1.09 bits per heavy atom. The number of hydrogen-bond donors (Lipinski definition) is 2. The molecule has 5 nitrogen and oxygen atoms in total. The molecule has 3 rings (SSSR count). The number of carbonyl (C=O) groups is 2. The average Bonchev–Trinajstić information content (AvgIpc) is 3.20. The molecule has 2 amide bonds. The molecule has 0 bridgehead atoms. The summed E-state index contributed by atoms with van der Waals surface area (Å²) in [6.07, 6.45) is 1.45. The van der Waals surface area contributed by atoms with Crippen LogP contribution in [-0.2, 0) is 0 Å². The van der Waals surface area contributed by atoms with Crippen LogP contribution in [0.3, 0.4) is 0 Å². The molecule has 2 aromatic heterocycles. The van der Waals surface area contributed by atoms with Gasteiger partial charge in [-0.2, -0.15) is 0 Å². The molecule has 0 saturated heterocycles. The molecule has 2 N–H and O–H groups in total. The first kappa shape index (κ1) is 15.6. The van der Waals surface area contributed by atoms with Crippen molar-refractivity contribution in [1.29, 1.82) is 0 Å². The van der Waals surface area contributed by atoms with Crippen LogP contribution in [0.4, 0.5) is 14.8 Å². The Morgan fingerprint density at radius 3 is 2.57 bits per heavy atom. The number of aromatic nitrogens is 1. The summed E-state index contributed by atoms with van der Waals surface area (Å²) < 4.78 is 13.8. The van der Waals surface area contributed by atoms with E-state index in [1.807, 2.05) is 5.38 Å². The number of nitrogens with zero attached hydrogens (tertiary/aromatic N) is 1. The van der Waals surface area contributed by atoms with E-state index in [0.717, 1.165) is 0 Å². The fourth-order valence-corrected chi connectivity index (χ4v) is 3.83. The van der Waals surface area contributed by atoms with E-state index in [-0.39, 0.29) is 32.1 Å². The molecular weight excluding hydrogens is 384 g/mol. The maximum atomic E-state index is 12.8. The van der Waals surface area contributed by atoms with Crippen molar-refractivity contribution in [3.8, 4) is 0 Å². The number of hydrogen-bond acceptors (Lipinski definition) is 4. The van der Waals surface area contributed by atoms with Crippen LogP contribution in [-0.4, -0.2) is 31.3 Å². The number of rotatable bonds is 4. The predicted molar refractivity (Wildman–Crippen MR) is 87.8 cm³/mol. The van der Waals surface area contributed by atoms with Gasteiger partial charge in [0.05, 0.1) is 0 Å². The number of amides is 2. The van der Waals surface area contributed by atoms with Crippen molar-refractivity contribution in [2.75, 3.05) is 10.6 Å². The van der Waals surface area contributed by atoms with E-state index >= 15 is 0 Å². The SMILES string of the molecule is O=C(Nc1ncc(C(=O)Nc2ccc(F)cc2)[se]1)c1cccs1. The fraction of sp³-hybridized carbons (Fsp3) is 0. The first-order valence-corrected chi connectivity index (χ1v) is 9.09. The van der Waals surface area contributed by atoms with Gasteiger partial charge in [0.2, 0.25) is 0 Å². The Balaban J connectivity index is 1.65. The number of halogens is 1. The van der Waals surface area contributed by atoms with Gasteiger partial charge in [-0.15, -0.1) is 0 Å². The van der Waals surface area contributed by atoms with Crippen LogP contribution in [0, 0.1) is 5.82 Å². The first-order valence-electron chi connectivity index (χ1n) is 6.49. The van der Waals surface area contributed by atoms with Gasteiger partial charge in [-0.05, 0) is 0 Å². The molecule has 116 valence electrons. The van der Waals surface area contributed by atoms with Crippen molar-refractivity contribution in [3.05, 3.63) is 63.1 Å². The molecule has 23 heavy (non-hydrogen) atoms. The monoisotopic (exact) mass is 395 g/mol. The minimum atomic E-state index is -0.378. The second-order valence-corrected chi connectivity index (χ2v) is 7.53. The second-order valence-electron chi connectivity index (χ2n) is 4.42. The summed E-state index contributed by atoms with van der Waals surface area (Å²) in [4.78, 5) is 28.7.